The molecule has 3 N–H and O–H groups in total. The molecule has 0 saturated carbocycles. The van der Waals surface area contributed by atoms with Crippen LogP contribution < -0.4 is 10.6 Å². The Balaban J connectivity index is 3.59. The van der Waals surface area contributed by atoms with Crippen molar-refractivity contribution in [1.82, 2.24) is 10.6 Å². The number of hydrogen-bond donors (Lipinski definition) is 3. The van der Waals surface area contributed by atoms with Crippen LogP contribution in [0.5, 0.6) is 0 Å². The van der Waals surface area contributed by atoms with Crippen molar-refractivity contribution in [1.29, 1.82) is 0 Å². The fourth-order valence-electron chi connectivity index (χ4n) is 0.385. The third kappa shape index (κ3) is 6.27. The van der Waals surface area contributed by atoms with Gasteiger partial charge >= 0.3 is 5.97 Å². The summed E-state index contributed by atoms with van der Waals surface area (Å²) < 4.78 is 0. The lowest BCUT2D eigenvalue weighted by Gasteiger charge is -1.94. The largest absolute Gasteiger partial charge is 0.480 e. The van der Waals surface area contributed by atoms with E-state index in [0.717, 1.165) is 12.3 Å². The highest BCUT2D eigenvalue weighted by atomic mass is 16.4. The molecule has 0 fully saturated rings. The van der Waals surface area contributed by atoms with E-state index in [1.54, 1.807) is 0 Å². The molecule has 0 radical (unpaired) electrons. The standard InChI is InChI=1S/C6H8N2O4/c9-4-7-2-1-5(10)8-3-6(11)12/h1-2,4H,3H2,(H,7,9)(H,8,10)(H,11,12)/b2-1-. The van der Waals surface area contributed by atoms with Crippen molar-refractivity contribution < 1.29 is 19.5 Å². The molecule has 0 heterocycles. The van der Waals surface area contributed by atoms with Crippen molar-refractivity contribution in [3.05, 3.63) is 12.3 Å². The van der Waals surface area contributed by atoms with E-state index in [2.05, 4.69) is 10.6 Å². The Morgan fingerprint density at radius 2 is 2.08 bits per heavy atom. The monoisotopic (exact) mass is 172 g/mol. The van der Waals surface area contributed by atoms with Gasteiger partial charge in [-0.05, 0) is 0 Å². The number of carbonyl (C=O) groups excluding carboxylic acids is 2. The third-order valence-electron chi connectivity index (χ3n) is 0.813. The van der Waals surface area contributed by atoms with Gasteiger partial charge in [-0.15, -0.1) is 0 Å². The number of amides is 2. The number of nitrogens with one attached hydrogen (secondary N) is 2. The van der Waals surface area contributed by atoms with Crippen molar-refractivity contribution >= 4 is 18.3 Å². The molecule has 0 atom stereocenters. The number of carboxylic acid groups (broad SMARTS) is 1. The van der Waals surface area contributed by atoms with Crippen LogP contribution in [0.1, 0.15) is 0 Å². The Morgan fingerprint density at radius 1 is 1.42 bits per heavy atom. The highest BCUT2D eigenvalue weighted by molar-refractivity contribution is 5.89. The maximum atomic E-state index is 10.6. The molecule has 6 nitrogen and oxygen atoms in total. The van der Waals surface area contributed by atoms with Crippen LogP contribution in [-0.4, -0.2) is 29.9 Å². The maximum absolute atomic E-state index is 10.6. The molecule has 0 aliphatic heterocycles. The lowest BCUT2D eigenvalue weighted by Crippen LogP contribution is -2.27. The number of carbonyl (C=O) groups is 3. The summed E-state index contributed by atoms with van der Waals surface area (Å²) in [5, 5.41) is 12.3. The molecule has 0 unspecified atom stereocenters. The summed E-state index contributed by atoms with van der Waals surface area (Å²) in [6.07, 6.45) is 2.50. The number of hydrogen-bond acceptors (Lipinski definition) is 3. The molecule has 0 spiro atoms. The first kappa shape index (κ1) is 10.2. The topological polar surface area (TPSA) is 95.5 Å². The quantitative estimate of drug-likeness (QED) is 0.345. The average molecular weight is 172 g/mol. The molecule has 0 aromatic rings. The second kappa shape index (κ2) is 5.90. The highest BCUT2D eigenvalue weighted by Crippen LogP contribution is 1.69. The summed E-state index contributed by atoms with van der Waals surface area (Å²) in [7, 11) is 0. The van der Waals surface area contributed by atoms with Gasteiger partial charge < -0.3 is 15.7 Å². The molecule has 0 aliphatic carbocycles. The third-order valence-corrected chi connectivity index (χ3v) is 0.813. The Bertz CT molecular complexity index is 212. The van der Waals surface area contributed by atoms with Gasteiger partial charge in [-0.25, -0.2) is 0 Å². The van der Waals surface area contributed by atoms with Crippen LogP contribution in [0, 0.1) is 0 Å². The van der Waals surface area contributed by atoms with E-state index >= 15 is 0 Å². The fourth-order valence-corrected chi connectivity index (χ4v) is 0.385. The zero-order chi connectivity index (χ0) is 9.40. The predicted octanol–water partition coefficient (Wildman–Crippen LogP) is -1.55. The lowest BCUT2D eigenvalue weighted by molar-refractivity contribution is -0.137. The van der Waals surface area contributed by atoms with Crippen LogP contribution in [-0.2, 0) is 14.4 Å². The van der Waals surface area contributed by atoms with Gasteiger partial charge in [-0.2, -0.15) is 0 Å². The molecule has 0 aliphatic rings. The minimum Gasteiger partial charge on any atom is -0.480 e. The molecule has 12 heavy (non-hydrogen) atoms. The average Bonchev–Trinajstić information content (AvgIpc) is 2.01. The molecule has 0 aromatic heterocycles. The smallest absolute Gasteiger partial charge is 0.322 e. The van der Waals surface area contributed by atoms with Gasteiger partial charge in [-0.1, -0.05) is 0 Å². The lowest BCUT2D eigenvalue weighted by atomic mass is 10.5. The molecule has 0 aromatic carbocycles. The zero-order valence-electron chi connectivity index (χ0n) is 6.11. The van der Waals surface area contributed by atoms with E-state index in [-0.39, 0.29) is 0 Å². The van der Waals surface area contributed by atoms with Crippen molar-refractivity contribution in [2.24, 2.45) is 0 Å². The fraction of sp³-hybridized carbons (Fsp3) is 0.167. The predicted molar refractivity (Wildman–Crippen MR) is 39.0 cm³/mol. The molecular weight excluding hydrogens is 164 g/mol. The van der Waals surface area contributed by atoms with Gasteiger partial charge in [0.15, 0.2) is 0 Å². The van der Waals surface area contributed by atoms with Crippen LogP contribution in [0.4, 0.5) is 0 Å². The molecular formula is C6H8N2O4. The van der Waals surface area contributed by atoms with E-state index in [1.165, 1.54) is 0 Å². The molecule has 2 amide bonds. The molecule has 66 valence electrons. The first-order valence-electron chi connectivity index (χ1n) is 3.02. The summed E-state index contributed by atoms with van der Waals surface area (Å²) >= 11 is 0. The second-order valence-corrected chi connectivity index (χ2v) is 1.73. The second-order valence-electron chi connectivity index (χ2n) is 1.73. The van der Waals surface area contributed by atoms with Gasteiger partial charge in [0.2, 0.25) is 12.3 Å². The Morgan fingerprint density at radius 3 is 2.58 bits per heavy atom. The van der Waals surface area contributed by atoms with Gasteiger partial charge in [0.25, 0.3) is 0 Å². The first-order valence-corrected chi connectivity index (χ1v) is 3.02. The van der Waals surface area contributed by atoms with Gasteiger partial charge in [0, 0.05) is 12.3 Å². The molecule has 6 heteroatoms. The van der Waals surface area contributed by atoms with Gasteiger partial charge in [0.1, 0.15) is 6.54 Å². The van der Waals surface area contributed by atoms with Crippen LogP contribution in [0.25, 0.3) is 0 Å². The van der Waals surface area contributed by atoms with E-state index < -0.39 is 18.4 Å². The van der Waals surface area contributed by atoms with Crippen molar-refractivity contribution in [3.8, 4) is 0 Å². The number of rotatable bonds is 5. The Labute approximate surface area is 68.3 Å². The summed E-state index contributed by atoms with van der Waals surface area (Å²) in [6, 6.07) is 0. The normalized spacial score (nSPS) is 9.33. The number of aliphatic carboxylic acids is 1. The molecule has 0 saturated heterocycles. The number of carboxylic acids is 1. The van der Waals surface area contributed by atoms with Crippen LogP contribution in [0.2, 0.25) is 0 Å². The summed E-state index contributed by atoms with van der Waals surface area (Å²) in [6.45, 7) is -0.440. The highest BCUT2D eigenvalue weighted by Gasteiger charge is 1.97. The minimum atomic E-state index is -1.12. The Kier molecular flexibility index (Phi) is 4.99. The summed E-state index contributed by atoms with van der Waals surface area (Å²) in [5.41, 5.74) is 0. The zero-order valence-corrected chi connectivity index (χ0v) is 6.11. The molecule has 0 bridgehead atoms. The SMILES string of the molecule is O=CN/C=C\C(=O)NCC(=O)O. The Hall–Kier alpha value is -1.85. The van der Waals surface area contributed by atoms with E-state index in [4.69, 9.17) is 5.11 Å². The van der Waals surface area contributed by atoms with Gasteiger partial charge in [-0.3, -0.25) is 14.4 Å². The van der Waals surface area contributed by atoms with Gasteiger partial charge in [0.05, 0.1) is 0 Å². The van der Waals surface area contributed by atoms with E-state index in [0.29, 0.717) is 6.41 Å². The van der Waals surface area contributed by atoms with Crippen molar-refractivity contribution in [3.63, 3.8) is 0 Å². The van der Waals surface area contributed by atoms with Crippen molar-refractivity contribution in [2.75, 3.05) is 6.54 Å². The molecule has 0 rings (SSSR count). The minimum absolute atomic E-state index is 0.390. The van der Waals surface area contributed by atoms with Crippen molar-refractivity contribution in [2.45, 2.75) is 0 Å². The van der Waals surface area contributed by atoms with Crippen LogP contribution in [0.3, 0.4) is 0 Å². The van der Waals surface area contributed by atoms with E-state index in [1.807, 2.05) is 0 Å². The van der Waals surface area contributed by atoms with Crippen LogP contribution in [0.15, 0.2) is 12.3 Å². The maximum Gasteiger partial charge on any atom is 0.322 e. The van der Waals surface area contributed by atoms with Crippen LogP contribution >= 0.6 is 0 Å². The summed E-state index contributed by atoms with van der Waals surface area (Å²) in [5.74, 6) is -1.70. The first-order chi connectivity index (χ1) is 5.66. The summed E-state index contributed by atoms with van der Waals surface area (Å²) in [4.78, 5) is 30.2. The van der Waals surface area contributed by atoms with E-state index in [9.17, 15) is 14.4 Å².